The second-order valence-electron chi connectivity index (χ2n) is 6.58. The second kappa shape index (κ2) is 7.15. The van der Waals surface area contributed by atoms with Gasteiger partial charge in [-0.2, -0.15) is 5.10 Å². The summed E-state index contributed by atoms with van der Waals surface area (Å²) in [5, 5.41) is 7.61. The molecule has 2 aromatic heterocycles. The number of nitrogens with one attached hydrogen (secondary N) is 1. The van der Waals surface area contributed by atoms with Crippen molar-refractivity contribution in [2.45, 2.75) is 20.5 Å². The Bertz CT molecular complexity index is 1220. The molecule has 0 bridgehead atoms. The Morgan fingerprint density at radius 3 is 2.68 bits per heavy atom. The average molecular weight is 374 g/mol. The number of aromatic amines is 1. The van der Waals surface area contributed by atoms with Gasteiger partial charge in [-0.3, -0.25) is 5.10 Å². The van der Waals surface area contributed by atoms with E-state index in [-0.39, 0.29) is 12.3 Å². The van der Waals surface area contributed by atoms with Crippen molar-refractivity contribution in [3.05, 3.63) is 87.4 Å². The third-order valence-corrected chi connectivity index (χ3v) is 4.74. The highest BCUT2D eigenvalue weighted by molar-refractivity contribution is 5.89. The fraction of sp³-hybridized carbons (Fsp3) is 0.136. The molecule has 0 amide bonds. The van der Waals surface area contributed by atoms with E-state index in [2.05, 4.69) is 10.2 Å². The van der Waals surface area contributed by atoms with Gasteiger partial charge in [0, 0.05) is 22.6 Å². The minimum atomic E-state index is -0.542. The first kappa shape index (κ1) is 17.7. The van der Waals surface area contributed by atoms with Crippen LogP contribution in [0.3, 0.4) is 0 Å². The van der Waals surface area contributed by atoms with Crippen LogP contribution in [0.15, 0.2) is 63.8 Å². The maximum atomic E-state index is 12.4. The number of H-pyrrole nitrogens is 1. The maximum absolute atomic E-state index is 12.4. The number of aryl methyl sites for hydroxylation is 2. The van der Waals surface area contributed by atoms with Crippen LogP contribution >= 0.6 is 0 Å². The molecule has 0 aliphatic carbocycles. The predicted molar refractivity (Wildman–Crippen MR) is 105 cm³/mol. The first-order chi connectivity index (χ1) is 13.5. The molecule has 2 heterocycles. The van der Waals surface area contributed by atoms with E-state index in [9.17, 15) is 9.59 Å². The molecule has 4 rings (SSSR count). The number of rotatable bonds is 4. The molecule has 0 fully saturated rings. The minimum absolute atomic E-state index is 0.0386. The van der Waals surface area contributed by atoms with Crippen molar-refractivity contribution in [2.75, 3.05) is 0 Å². The molecule has 0 aliphatic heterocycles. The normalized spacial score (nSPS) is 10.9. The molecule has 2 aromatic carbocycles. The van der Waals surface area contributed by atoms with Crippen molar-refractivity contribution in [2.24, 2.45) is 0 Å². The van der Waals surface area contributed by atoms with E-state index in [0.29, 0.717) is 16.8 Å². The van der Waals surface area contributed by atoms with Crippen molar-refractivity contribution >= 4 is 16.9 Å². The standard InChI is InChI=1S/C22H18N2O4/c1-13-8-9-17-16(10-20(25)28-21(17)14(13)2)12-27-22(26)19-11-18(23-24-19)15-6-4-3-5-7-15/h3-11H,12H2,1-2H3,(H,23,24). The Morgan fingerprint density at radius 2 is 1.89 bits per heavy atom. The molecule has 0 saturated heterocycles. The van der Waals surface area contributed by atoms with Crippen LogP contribution in [0.1, 0.15) is 27.2 Å². The highest BCUT2D eigenvalue weighted by atomic mass is 16.5. The Balaban J connectivity index is 1.57. The van der Waals surface area contributed by atoms with Crippen LogP contribution in [0.2, 0.25) is 0 Å². The van der Waals surface area contributed by atoms with Gasteiger partial charge < -0.3 is 9.15 Å². The quantitative estimate of drug-likeness (QED) is 0.428. The van der Waals surface area contributed by atoms with Crippen molar-refractivity contribution in [3.63, 3.8) is 0 Å². The summed E-state index contributed by atoms with van der Waals surface area (Å²) in [5.41, 5.74) is 4.37. The summed E-state index contributed by atoms with van der Waals surface area (Å²) in [5.74, 6) is -0.542. The first-order valence-corrected chi connectivity index (χ1v) is 8.84. The third-order valence-electron chi connectivity index (χ3n) is 4.74. The SMILES string of the molecule is Cc1ccc2c(COC(=O)c3cc(-c4ccccc4)n[nH]3)cc(=O)oc2c1C. The summed E-state index contributed by atoms with van der Waals surface area (Å²) in [6, 6.07) is 16.3. The second-order valence-corrected chi connectivity index (χ2v) is 6.58. The van der Waals surface area contributed by atoms with E-state index in [1.165, 1.54) is 6.07 Å². The van der Waals surface area contributed by atoms with Gasteiger partial charge in [0.15, 0.2) is 0 Å². The average Bonchev–Trinajstić information content (AvgIpc) is 3.20. The van der Waals surface area contributed by atoms with Crippen LogP contribution in [0.25, 0.3) is 22.2 Å². The molecule has 1 N–H and O–H groups in total. The lowest BCUT2D eigenvalue weighted by molar-refractivity contribution is 0.0467. The number of fused-ring (bicyclic) bond motifs is 1. The zero-order valence-corrected chi connectivity index (χ0v) is 15.5. The lowest BCUT2D eigenvalue weighted by Crippen LogP contribution is -2.08. The van der Waals surface area contributed by atoms with Gasteiger partial charge in [0.05, 0.1) is 5.69 Å². The number of carbonyl (C=O) groups excluding carboxylic acids is 1. The maximum Gasteiger partial charge on any atom is 0.356 e. The Morgan fingerprint density at radius 1 is 1.11 bits per heavy atom. The van der Waals surface area contributed by atoms with Crippen LogP contribution in [-0.2, 0) is 11.3 Å². The van der Waals surface area contributed by atoms with Crippen molar-refractivity contribution in [1.29, 1.82) is 0 Å². The van der Waals surface area contributed by atoms with Gasteiger partial charge in [0.2, 0.25) is 0 Å². The largest absolute Gasteiger partial charge is 0.456 e. The molecule has 6 heteroatoms. The van der Waals surface area contributed by atoms with Crippen LogP contribution in [-0.4, -0.2) is 16.2 Å². The van der Waals surface area contributed by atoms with E-state index in [1.54, 1.807) is 6.07 Å². The lowest BCUT2D eigenvalue weighted by Gasteiger charge is -2.09. The molecule has 0 radical (unpaired) electrons. The van der Waals surface area contributed by atoms with E-state index in [0.717, 1.165) is 22.1 Å². The summed E-state index contributed by atoms with van der Waals surface area (Å²) in [4.78, 5) is 24.3. The minimum Gasteiger partial charge on any atom is -0.456 e. The van der Waals surface area contributed by atoms with Crippen LogP contribution < -0.4 is 5.63 Å². The van der Waals surface area contributed by atoms with Crippen LogP contribution in [0.5, 0.6) is 0 Å². The summed E-state index contributed by atoms with van der Waals surface area (Å²) in [6.07, 6.45) is 0. The van der Waals surface area contributed by atoms with E-state index in [4.69, 9.17) is 9.15 Å². The Labute approximate surface area is 160 Å². The summed E-state index contributed by atoms with van der Waals surface area (Å²) >= 11 is 0. The fourth-order valence-electron chi connectivity index (χ4n) is 3.05. The fourth-order valence-corrected chi connectivity index (χ4v) is 3.05. The molecule has 0 atom stereocenters. The molecule has 4 aromatic rings. The number of esters is 1. The molecule has 6 nitrogen and oxygen atoms in total. The van der Waals surface area contributed by atoms with Crippen molar-refractivity contribution in [1.82, 2.24) is 10.2 Å². The highest BCUT2D eigenvalue weighted by Gasteiger charge is 2.15. The van der Waals surface area contributed by atoms with Crippen molar-refractivity contribution in [3.8, 4) is 11.3 Å². The summed E-state index contributed by atoms with van der Waals surface area (Å²) in [6.45, 7) is 3.80. The molecular weight excluding hydrogens is 356 g/mol. The van der Waals surface area contributed by atoms with Crippen LogP contribution in [0.4, 0.5) is 0 Å². The van der Waals surface area contributed by atoms with Crippen molar-refractivity contribution < 1.29 is 13.9 Å². The number of nitrogens with zero attached hydrogens (tertiary/aromatic N) is 1. The van der Waals surface area contributed by atoms with E-state index < -0.39 is 11.6 Å². The topological polar surface area (TPSA) is 85.2 Å². The lowest BCUT2D eigenvalue weighted by atomic mass is 10.0. The molecule has 0 saturated carbocycles. The first-order valence-electron chi connectivity index (χ1n) is 8.84. The smallest absolute Gasteiger partial charge is 0.356 e. The van der Waals surface area contributed by atoms with Gasteiger partial charge in [-0.05, 0) is 31.0 Å². The number of ether oxygens (including phenoxy) is 1. The third kappa shape index (κ3) is 3.32. The van der Waals surface area contributed by atoms with Gasteiger partial charge in [-0.25, -0.2) is 9.59 Å². The monoisotopic (exact) mass is 374 g/mol. The van der Waals surface area contributed by atoms with Gasteiger partial charge in [0.1, 0.15) is 17.9 Å². The number of benzene rings is 2. The van der Waals surface area contributed by atoms with Gasteiger partial charge in [-0.1, -0.05) is 42.5 Å². The van der Waals surface area contributed by atoms with E-state index in [1.807, 2.05) is 56.3 Å². The van der Waals surface area contributed by atoms with Gasteiger partial charge >= 0.3 is 11.6 Å². The Hall–Kier alpha value is -3.67. The van der Waals surface area contributed by atoms with Gasteiger partial charge in [0.25, 0.3) is 0 Å². The van der Waals surface area contributed by atoms with E-state index >= 15 is 0 Å². The number of carbonyl (C=O) groups is 1. The zero-order valence-electron chi connectivity index (χ0n) is 15.5. The zero-order chi connectivity index (χ0) is 19.7. The molecule has 28 heavy (non-hydrogen) atoms. The molecule has 0 unspecified atom stereocenters. The summed E-state index contributed by atoms with van der Waals surface area (Å²) in [7, 11) is 0. The molecule has 0 spiro atoms. The molecule has 0 aliphatic rings. The molecular formula is C22H18N2O4. The number of hydrogen-bond acceptors (Lipinski definition) is 5. The molecule has 140 valence electrons. The summed E-state index contributed by atoms with van der Waals surface area (Å²) < 4.78 is 10.8. The van der Waals surface area contributed by atoms with Crippen LogP contribution in [0, 0.1) is 13.8 Å². The number of hydrogen-bond donors (Lipinski definition) is 1. The highest BCUT2D eigenvalue weighted by Crippen LogP contribution is 2.24. The predicted octanol–water partition coefficient (Wildman–Crippen LogP) is 4.16. The Kier molecular flexibility index (Phi) is 4.53. The number of aromatic nitrogens is 2. The van der Waals surface area contributed by atoms with Gasteiger partial charge in [-0.15, -0.1) is 0 Å².